The maximum atomic E-state index is 14.1. The molecule has 1 aliphatic carbocycles. The van der Waals surface area contributed by atoms with E-state index in [4.69, 9.17) is 0 Å². The Morgan fingerprint density at radius 1 is 1.29 bits per heavy atom. The molecule has 6 nitrogen and oxygen atoms in total. The average molecular weight is 427 g/mol. The smallest absolute Gasteiger partial charge is 0.267 e. The summed E-state index contributed by atoms with van der Waals surface area (Å²) in [6.07, 6.45) is 5.26. The van der Waals surface area contributed by atoms with Gasteiger partial charge in [0.1, 0.15) is 11.5 Å². The fourth-order valence-electron chi connectivity index (χ4n) is 5.94. The van der Waals surface area contributed by atoms with Gasteiger partial charge in [0.15, 0.2) is 0 Å². The molecular weight excluding hydrogens is 395 g/mol. The zero-order valence-corrected chi connectivity index (χ0v) is 18.3. The zero-order valence-electron chi connectivity index (χ0n) is 18.3. The molecule has 4 atom stereocenters. The van der Waals surface area contributed by atoms with Crippen LogP contribution < -0.4 is 5.32 Å². The number of carbonyl (C=O) groups is 2. The van der Waals surface area contributed by atoms with Crippen LogP contribution in [0.5, 0.6) is 0 Å². The third-order valence-corrected chi connectivity index (χ3v) is 7.78. The van der Waals surface area contributed by atoms with E-state index in [9.17, 15) is 14.0 Å². The van der Waals surface area contributed by atoms with Gasteiger partial charge in [-0.2, -0.15) is 0 Å². The van der Waals surface area contributed by atoms with E-state index in [-0.39, 0.29) is 17.6 Å². The second-order valence-corrected chi connectivity index (χ2v) is 9.72. The highest BCUT2D eigenvalue weighted by molar-refractivity contribution is 5.98. The van der Waals surface area contributed by atoms with Gasteiger partial charge in [-0.05, 0) is 49.8 Å². The van der Waals surface area contributed by atoms with E-state index in [0.717, 1.165) is 31.5 Å². The lowest BCUT2D eigenvalue weighted by atomic mass is 9.85. The first kappa shape index (κ1) is 20.5. The van der Waals surface area contributed by atoms with Crippen LogP contribution in [-0.4, -0.2) is 65.4 Å². The van der Waals surface area contributed by atoms with Gasteiger partial charge in [0.25, 0.3) is 5.91 Å². The Hall–Kier alpha value is -2.41. The van der Waals surface area contributed by atoms with Crippen molar-refractivity contribution in [2.75, 3.05) is 26.7 Å². The summed E-state index contributed by atoms with van der Waals surface area (Å²) in [5.74, 6) is 0.724. The summed E-state index contributed by atoms with van der Waals surface area (Å²) in [6.45, 7) is 4.55. The molecule has 3 aliphatic rings. The fraction of sp³-hybridized carbons (Fsp3) is 0.583. The van der Waals surface area contributed by atoms with Crippen molar-refractivity contribution in [1.29, 1.82) is 0 Å². The number of benzene rings is 1. The van der Waals surface area contributed by atoms with Crippen molar-refractivity contribution < 1.29 is 14.0 Å². The molecule has 0 unspecified atom stereocenters. The summed E-state index contributed by atoms with van der Waals surface area (Å²) >= 11 is 0. The van der Waals surface area contributed by atoms with Crippen LogP contribution in [0, 0.1) is 24.6 Å². The minimum absolute atomic E-state index is 0.173. The Labute approximate surface area is 182 Å². The van der Waals surface area contributed by atoms with Crippen LogP contribution in [0.4, 0.5) is 4.39 Å². The second-order valence-electron chi connectivity index (χ2n) is 9.72. The van der Waals surface area contributed by atoms with Crippen molar-refractivity contribution in [3.05, 3.63) is 35.3 Å². The fourth-order valence-corrected chi connectivity index (χ4v) is 5.94. The number of fused-ring (bicyclic) bond motifs is 2. The standard InChI is InChI=1S/C24H31FN4O2/c1-14-6-7-19(25)18-10-20(27-23(14)18)24(31)26-11-15-4-3-5-17(8-15)29-12-16-9-22(30)28(2)21(16)13-29/h6-7,10,15-17,21,27H,3-5,8-9,11-13H2,1-2H3,(H,26,31)/t15-,16-,17+,21+/m1/s1. The Morgan fingerprint density at radius 3 is 2.90 bits per heavy atom. The molecule has 1 saturated carbocycles. The Kier molecular flexibility index (Phi) is 5.24. The molecule has 1 aromatic heterocycles. The molecule has 3 fully saturated rings. The van der Waals surface area contributed by atoms with Crippen LogP contribution in [0.25, 0.3) is 10.9 Å². The topological polar surface area (TPSA) is 68.4 Å². The number of amides is 2. The average Bonchev–Trinajstić information content (AvgIpc) is 3.45. The van der Waals surface area contributed by atoms with E-state index < -0.39 is 0 Å². The first-order valence-electron chi connectivity index (χ1n) is 11.5. The summed E-state index contributed by atoms with van der Waals surface area (Å²) in [5, 5.41) is 3.53. The predicted molar refractivity (Wildman–Crippen MR) is 117 cm³/mol. The van der Waals surface area contributed by atoms with Crippen LogP contribution in [0.1, 0.15) is 48.2 Å². The molecule has 0 radical (unpaired) electrons. The molecule has 0 spiro atoms. The van der Waals surface area contributed by atoms with Crippen LogP contribution >= 0.6 is 0 Å². The van der Waals surface area contributed by atoms with E-state index >= 15 is 0 Å². The number of hydrogen-bond acceptors (Lipinski definition) is 3. The maximum absolute atomic E-state index is 14.1. The number of H-pyrrole nitrogens is 1. The van der Waals surface area contributed by atoms with Gasteiger partial charge in [0.2, 0.25) is 5.91 Å². The molecule has 166 valence electrons. The van der Waals surface area contributed by atoms with Crippen molar-refractivity contribution in [2.24, 2.45) is 11.8 Å². The lowest BCUT2D eigenvalue weighted by Crippen LogP contribution is -2.42. The summed E-state index contributed by atoms with van der Waals surface area (Å²) < 4.78 is 14.1. The van der Waals surface area contributed by atoms with Crippen molar-refractivity contribution in [3.63, 3.8) is 0 Å². The second kappa shape index (κ2) is 7.93. The van der Waals surface area contributed by atoms with E-state index in [1.807, 2.05) is 18.9 Å². The van der Waals surface area contributed by atoms with Crippen molar-refractivity contribution in [2.45, 2.75) is 51.1 Å². The molecule has 2 aromatic rings. The monoisotopic (exact) mass is 426 g/mol. The molecule has 5 rings (SSSR count). The van der Waals surface area contributed by atoms with Gasteiger partial charge in [-0.3, -0.25) is 14.5 Å². The van der Waals surface area contributed by atoms with Gasteiger partial charge in [0.05, 0.1) is 5.52 Å². The lowest BCUT2D eigenvalue weighted by Gasteiger charge is -2.36. The quantitative estimate of drug-likeness (QED) is 0.790. The molecule has 0 bridgehead atoms. The first-order chi connectivity index (χ1) is 14.9. The zero-order chi connectivity index (χ0) is 21.7. The lowest BCUT2D eigenvalue weighted by molar-refractivity contribution is -0.128. The maximum Gasteiger partial charge on any atom is 0.267 e. The number of hydrogen-bond donors (Lipinski definition) is 2. The van der Waals surface area contributed by atoms with Gasteiger partial charge in [0, 0.05) is 56.5 Å². The van der Waals surface area contributed by atoms with E-state index in [1.54, 1.807) is 12.1 Å². The SMILES string of the molecule is Cc1ccc(F)c2cc(C(=O)NC[C@@H]3CCC[C@H](N4C[C@H]5CC(=O)N(C)[C@H]5C4)C3)[nH]c12. The summed E-state index contributed by atoms with van der Waals surface area (Å²) in [4.78, 5) is 32.2. The van der Waals surface area contributed by atoms with Gasteiger partial charge in [-0.1, -0.05) is 12.5 Å². The number of carbonyl (C=O) groups excluding carboxylic acids is 2. The molecule has 7 heteroatoms. The third-order valence-electron chi connectivity index (χ3n) is 7.78. The largest absolute Gasteiger partial charge is 0.350 e. The molecular formula is C24H31FN4O2. The number of likely N-dealkylation sites (N-methyl/N-ethyl adjacent to an activating group) is 1. The first-order valence-corrected chi connectivity index (χ1v) is 11.5. The van der Waals surface area contributed by atoms with E-state index in [0.29, 0.717) is 53.5 Å². The number of rotatable bonds is 4. The number of nitrogens with one attached hydrogen (secondary N) is 2. The molecule has 1 aromatic carbocycles. The van der Waals surface area contributed by atoms with Crippen molar-refractivity contribution in [1.82, 2.24) is 20.1 Å². The molecule has 3 heterocycles. The highest BCUT2D eigenvalue weighted by Crippen LogP contribution is 2.36. The number of likely N-dealkylation sites (tertiary alicyclic amines) is 2. The Morgan fingerprint density at radius 2 is 2.13 bits per heavy atom. The summed E-state index contributed by atoms with van der Waals surface area (Å²) in [7, 11) is 1.94. The van der Waals surface area contributed by atoms with E-state index in [1.165, 1.54) is 18.9 Å². The van der Waals surface area contributed by atoms with E-state index in [2.05, 4.69) is 15.2 Å². The van der Waals surface area contributed by atoms with Crippen LogP contribution in [0.2, 0.25) is 0 Å². The highest BCUT2D eigenvalue weighted by Gasteiger charge is 2.45. The van der Waals surface area contributed by atoms with Crippen LogP contribution in [0.3, 0.4) is 0 Å². The molecule has 31 heavy (non-hydrogen) atoms. The number of aromatic amines is 1. The van der Waals surface area contributed by atoms with Gasteiger partial charge in [-0.15, -0.1) is 0 Å². The minimum atomic E-state index is -0.311. The summed E-state index contributed by atoms with van der Waals surface area (Å²) in [6, 6.07) is 5.68. The number of halogens is 1. The van der Waals surface area contributed by atoms with Crippen molar-refractivity contribution in [3.8, 4) is 0 Å². The number of nitrogens with zero attached hydrogens (tertiary/aromatic N) is 2. The highest BCUT2D eigenvalue weighted by atomic mass is 19.1. The van der Waals surface area contributed by atoms with Crippen molar-refractivity contribution >= 4 is 22.7 Å². The van der Waals surface area contributed by atoms with Crippen LogP contribution in [0.15, 0.2) is 18.2 Å². The molecule has 2 saturated heterocycles. The van der Waals surface area contributed by atoms with Gasteiger partial charge in [-0.25, -0.2) is 4.39 Å². The molecule has 2 aliphatic heterocycles. The molecule has 2 N–H and O–H groups in total. The minimum Gasteiger partial charge on any atom is -0.350 e. The summed E-state index contributed by atoms with van der Waals surface area (Å²) in [5.41, 5.74) is 2.02. The van der Waals surface area contributed by atoms with Crippen LogP contribution in [-0.2, 0) is 4.79 Å². The van der Waals surface area contributed by atoms with Gasteiger partial charge >= 0.3 is 0 Å². The predicted octanol–water partition coefficient (Wildman–Crippen LogP) is 3.07. The molecule has 2 amide bonds. The van der Waals surface area contributed by atoms with Gasteiger partial charge < -0.3 is 15.2 Å². The third kappa shape index (κ3) is 3.73. The normalized spacial score (nSPS) is 29.0. The number of aromatic nitrogens is 1. The number of aryl methyl sites for hydroxylation is 1. The Bertz CT molecular complexity index is 979. The Balaban J connectivity index is 1.18.